The van der Waals surface area contributed by atoms with Crippen LogP contribution in [0.4, 0.5) is 16.4 Å². The predicted octanol–water partition coefficient (Wildman–Crippen LogP) is 1.41. The lowest BCUT2D eigenvalue weighted by molar-refractivity contribution is -0.0205. The number of aliphatic hydroxyl groups is 2. The smallest absolute Gasteiger partial charge is 0.319 e. The van der Waals surface area contributed by atoms with E-state index in [1.54, 1.807) is 42.7 Å². The van der Waals surface area contributed by atoms with Crippen LogP contribution in [0.2, 0.25) is 5.02 Å². The van der Waals surface area contributed by atoms with E-state index in [2.05, 4.69) is 30.4 Å². The topological polar surface area (TPSA) is 123 Å². The van der Waals surface area contributed by atoms with Crippen molar-refractivity contribution >= 4 is 54.1 Å². The molecule has 2 aliphatic rings. The number of hydrogen-bond acceptors (Lipinski definition) is 8. The number of urea groups is 1. The van der Waals surface area contributed by atoms with Gasteiger partial charge in [0.15, 0.2) is 0 Å². The molecule has 4 atom stereocenters. The largest absolute Gasteiger partial charge is 0.394 e. The number of anilines is 2. The highest BCUT2D eigenvalue weighted by Gasteiger charge is 2.46. The normalized spacial score (nSPS) is 24.6. The number of rotatable bonds is 6. The van der Waals surface area contributed by atoms with Crippen LogP contribution in [0, 0.1) is 0 Å². The zero-order chi connectivity index (χ0) is 22.5. The number of amides is 2. The second-order valence-corrected chi connectivity index (χ2v) is 8.23. The summed E-state index contributed by atoms with van der Waals surface area (Å²) in [7, 11) is 0. The van der Waals surface area contributed by atoms with Crippen molar-refractivity contribution in [1.82, 2.24) is 20.2 Å². The van der Waals surface area contributed by atoms with Crippen LogP contribution in [0.15, 0.2) is 42.7 Å². The number of aliphatic hydroxyl groups excluding tert-OH is 2. The van der Waals surface area contributed by atoms with Gasteiger partial charge in [0, 0.05) is 55.8 Å². The third-order valence-corrected chi connectivity index (χ3v) is 5.99. The summed E-state index contributed by atoms with van der Waals surface area (Å²) in [5, 5.41) is 26.4. The number of halogens is 3. The number of nitrogens with one attached hydrogen (secondary N) is 2. The lowest BCUT2D eigenvalue weighted by atomic mass is 10.0. The summed E-state index contributed by atoms with van der Waals surface area (Å²) in [5.74, 6) is 0.680. The van der Waals surface area contributed by atoms with E-state index in [0.717, 1.165) is 0 Å². The fourth-order valence-corrected chi connectivity index (χ4v) is 4.40. The molecule has 0 saturated carbocycles. The Kier molecular flexibility index (Phi) is 11.0. The minimum absolute atomic E-state index is 0. The summed E-state index contributed by atoms with van der Waals surface area (Å²) in [6, 6.07) is 7.89. The molecule has 2 amide bonds. The SMILES string of the molecule is Cl.Cl.O=C(NC[C@H]1O[C@@H](CO)[C@@H](O)[C@H]1N1CCN(c2ncccn2)CC1)Nc1cccc(Cl)c1. The Balaban J connectivity index is 0.00000204. The van der Waals surface area contributed by atoms with Gasteiger partial charge in [-0.25, -0.2) is 14.8 Å². The molecule has 13 heteroatoms. The van der Waals surface area contributed by atoms with Gasteiger partial charge in [0.05, 0.1) is 18.8 Å². The second-order valence-electron chi connectivity index (χ2n) is 7.79. The average molecular weight is 536 g/mol. The van der Waals surface area contributed by atoms with E-state index in [4.69, 9.17) is 16.3 Å². The van der Waals surface area contributed by atoms with E-state index in [1.807, 2.05) is 0 Å². The van der Waals surface area contributed by atoms with E-state index in [1.165, 1.54) is 0 Å². The Bertz CT molecular complexity index is 907. The number of aromatic nitrogens is 2. The van der Waals surface area contributed by atoms with Crippen molar-refractivity contribution < 1.29 is 19.7 Å². The number of piperazine rings is 1. The van der Waals surface area contributed by atoms with Crippen LogP contribution in [-0.2, 0) is 4.74 Å². The molecular weight excluding hydrogens is 507 g/mol. The highest BCUT2D eigenvalue weighted by atomic mass is 35.5. The molecule has 10 nitrogen and oxygen atoms in total. The molecular formula is C21H29Cl3N6O4. The first-order valence-electron chi connectivity index (χ1n) is 10.6. The maximum absolute atomic E-state index is 12.3. The van der Waals surface area contributed by atoms with Gasteiger partial charge in [-0.05, 0) is 24.3 Å². The highest BCUT2D eigenvalue weighted by Crippen LogP contribution is 2.27. The minimum atomic E-state index is -0.859. The molecule has 2 fully saturated rings. The van der Waals surface area contributed by atoms with Gasteiger partial charge in [-0.2, -0.15) is 0 Å². The number of nitrogens with zero attached hydrogens (tertiary/aromatic N) is 4. The number of carbonyl (C=O) groups is 1. The fourth-order valence-electron chi connectivity index (χ4n) is 4.21. The zero-order valence-corrected chi connectivity index (χ0v) is 20.7. The van der Waals surface area contributed by atoms with E-state index in [9.17, 15) is 15.0 Å². The number of carbonyl (C=O) groups excluding carboxylic acids is 1. The summed E-state index contributed by atoms with van der Waals surface area (Å²) < 4.78 is 5.88. The first-order valence-corrected chi connectivity index (χ1v) is 10.9. The number of benzene rings is 1. The van der Waals surface area contributed by atoms with Gasteiger partial charge in [0.25, 0.3) is 0 Å². The van der Waals surface area contributed by atoms with Crippen LogP contribution in [-0.4, -0.2) is 94.8 Å². The van der Waals surface area contributed by atoms with Crippen LogP contribution in [0.1, 0.15) is 0 Å². The molecule has 0 radical (unpaired) electrons. The molecule has 2 aliphatic heterocycles. The van der Waals surface area contributed by atoms with Crippen LogP contribution < -0.4 is 15.5 Å². The maximum atomic E-state index is 12.3. The molecule has 0 spiro atoms. The standard InChI is InChI=1S/C21H27ClN6O4.2ClH/c22-14-3-1-4-15(11-14)26-21(31)25-12-16-18(19(30)17(13-29)32-16)27-7-9-28(10-8-27)20-23-5-2-6-24-20;;/h1-6,11,16-19,29-30H,7-10,12-13H2,(H2,25,26,31);2*1H/t16-,17+,18+,19-;;/m1../s1. The molecule has 1 aromatic heterocycles. The lowest BCUT2D eigenvalue weighted by Crippen LogP contribution is -2.57. The third-order valence-electron chi connectivity index (χ3n) is 5.76. The Morgan fingerprint density at radius 2 is 1.82 bits per heavy atom. The Labute approximate surface area is 215 Å². The summed E-state index contributed by atoms with van der Waals surface area (Å²) in [4.78, 5) is 25.2. The molecule has 4 N–H and O–H groups in total. The molecule has 2 aromatic rings. The van der Waals surface area contributed by atoms with E-state index >= 15 is 0 Å². The van der Waals surface area contributed by atoms with Gasteiger partial charge < -0.3 is 30.5 Å². The lowest BCUT2D eigenvalue weighted by Gasteiger charge is -2.40. The highest BCUT2D eigenvalue weighted by molar-refractivity contribution is 6.30. The van der Waals surface area contributed by atoms with Crippen LogP contribution in [0.5, 0.6) is 0 Å². The molecule has 2 saturated heterocycles. The summed E-state index contributed by atoms with van der Waals surface area (Å²) >= 11 is 5.95. The summed E-state index contributed by atoms with van der Waals surface area (Å²) in [6.45, 7) is 2.64. The minimum Gasteiger partial charge on any atom is -0.394 e. The monoisotopic (exact) mass is 534 g/mol. The van der Waals surface area contributed by atoms with Crippen molar-refractivity contribution in [2.24, 2.45) is 0 Å². The van der Waals surface area contributed by atoms with Crippen molar-refractivity contribution in [3.8, 4) is 0 Å². The first-order chi connectivity index (χ1) is 15.5. The van der Waals surface area contributed by atoms with Crippen molar-refractivity contribution in [2.75, 3.05) is 49.5 Å². The van der Waals surface area contributed by atoms with Crippen molar-refractivity contribution in [3.63, 3.8) is 0 Å². The zero-order valence-electron chi connectivity index (χ0n) is 18.3. The van der Waals surface area contributed by atoms with E-state index in [-0.39, 0.29) is 44.0 Å². The summed E-state index contributed by atoms with van der Waals surface area (Å²) in [6.07, 6.45) is 1.41. The Hall–Kier alpha value is -1.92. The molecule has 0 unspecified atom stereocenters. The third kappa shape index (κ3) is 6.82. The van der Waals surface area contributed by atoms with Gasteiger partial charge in [-0.1, -0.05) is 17.7 Å². The first kappa shape index (κ1) is 28.3. The van der Waals surface area contributed by atoms with Crippen molar-refractivity contribution in [2.45, 2.75) is 24.4 Å². The van der Waals surface area contributed by atoms with Gasteiger partial charge in [0.2, 0.25) is 5.95 Å². The van der Waals surface area contributed by atoms with E-state index < -0.39 is 24.3 Å². The van der Waals surface area contributed by atoms with Gasteiger partial charge in [-0.3, -0.25) is 4.90 Å². The van der Waals surface area contributed by atoms with Gasteiger partial charge in [-0.15, -0.1) is 24.8 Å². The number of hydrogen-bond donors (Lipinski definition) is 4. The second kappa shape index (κ2) is 13.2. The molecule has 4 rings (SSSR count). The van der Waals surface area contributed by atoms with Crippen LogP contribution in [0.3, 0.4) is 0 Å². The molecule has 188 valence electrons. The average Bonchev–Trinajstić information content (AvgIpc) is 3.13. The van der Waals surface area contributed by atoms with Crippen LogP contribution >= 0.6 is 36.4 Å². The summed E-state index contributed by atoms with van der Waals surface area (Å²) in [5.41, 5.74) is 0.575. The van der Waals surface area contributed by atoms with Crippen LogP contribution in [0.25, 0.3) is 0 Å². The Morgan fingerprint density at radius 1 is 1.12 bits per heavy atom. The molecule has 1 aromatic carbocycles. The van der Waals surface area contributed by atoms with E-state index in [0.29, 0.717) is 42.8 Å². The van der Waals surface area contributed by atoms with Crippen molar-refractivity contribution in [1.29, 1.82) is 0 Å². The molecule has 3 heterocycles. The number of ether oxygens (including phenoxy) is 1. The molecule has 0 aliphatic carbocycles. The van der Waals surface area contributed by atoms with Gasteiger partial charge >= 0.3 is 6.03 Å². The van der Waals surface area contributed by atoms with Gasteiger partial charge in [0.1, 0.15) is 12.2 Å². The van der Waals surface area contributed by atoms with Crippen molar-refractivity contribution in [3.05, 3.63) is 47.7 Å². The quantitative estimate of drug-likeness (QED) is 0.438. The maximum Gasteiger partial charge on any atom is 0.319 e. The Morgan fingerprint density at radius 3 is 2.47 bits per heavy atom. The molecule has 34 heavy (non-hydrogen) atoms. The fraction of sp³-hybridized carbons (Fsp3) is 0.476. The predicted molar refractivity (Wildman–Crippen MR) is 134 cm³/mol. The molecule has 0 bridgehead atoms.